The van der Waals surface area contributed by atoms with Crippen LogP contribution in [0.1, 0.15) is 24.3 Å². The highest BCUT2D eigenvalue weighted by molar-refractivity contribution is 5.94. The number of nitrogens with two attached hydrogens (primary N) is 1. The van der Waals surface area contributed by atoms with E-state index in [2.05, 4.69) is 22.6 Å². The SMILES string of the molecule is C=CC(=O)N1CCCC(c2cc(-c3ccc(Oc4ccccc4)cc3)cc3c(N)ncnc23)C1. The third-order valence-corrected chi connectivity index (χ3v) is 6.31. The molecular formula is C28H26N4O2. The van der Waals surface area contributed by atoms with Crippen molar-refractivity contribution in [1.29, 1.82) is 0 Å². The number of aromatic nitrogens is 2. The van der Waals surface area contributed by atoms with Crippen LogP contribution in [-0.4, -0.2) is 33.9 Å². The summed E-state index contributed by atoms with van der Waals surface area (Å²) in [6, 6.07) is 21.9. The second-order valence-electron chi connectivity index (χ2n) is 8.49. The molecule has 3 aromatic carbocycles. The van der Waals surface area contributed by atoms with Crippen molar-refractivity contribution in [2.45, 2.75) is 18.8 Å². The number of rotatable bonds is 5. The van der Waals surface area contributed by atoms with Crippen molar-refractivity contribution in [2.24, 2.45) is 0 Å². The van der Waals surface area contributed by atoms with Gasteiger partial charge in [-0.05, 0) is 72.0 Å². The van der Waals surface area contributed by atoms with Crippen LogP contribution in [0.3, 0.4) is 0 Å². The van der Waals surface area contributed by atoms with E-state index in [0.29, 0.717) is 12.4 Å². The number of fused-ring (bicyclic) bond motifs is 1. The summed E-state index contributed by atoms with van der Waals surface area (Å²) < 4.78 is 5.94. The molecule has 1 unspecified atom stereocenters. The van der Waals surface area contributed by atoms with Crippen molar-refractivity contribution in [3.8, 4) is 22.6 Å². The van der Waals surface area contributed by atoms with E-state index in [1.54, 1.807) is 0 Å². The molecule has 34 heavy (non-hydrogen) atoms. The number of piperidine rings is 1. The maximum atomic E-state index is 12.3. The minimum atomic E-state index is -0.0340. The van der Waals surface area contributed by atoms with Crippen molar-refractivity contribution in [3.05, 3.63) is 91.3 Å². The first-order valence-corrected chi connectivity index (χ1v) is 11.4. The third kappa shape index (κ3) is 4.35. The lowest BCUT2D eigenvalue weighted by atomic mass is 9.87. The van der Waals surface area contributed by atoms with Crippen LogP contribution in [0.2, 0.25) is 0 Å². The third-order valence-electron chi connectivity index (χ3n) is 6.31. The average Bonchev–Trinajstić information content (AvgIpc) is 2.89. The van der Waals surface area contributed by atoms with Crippen LogP contribution in [-0.2, 0) is 4.79 Å². The molecule has 0 aliphatic carbocycles. The van der Waals surface area contributed by atoms with Gasteiger partial charge in [0.05, 0.1) is 5.52 Å². The lowest BCUT2D eigenvalue weighted by molar-refractivity contribution is -0.127. The fourth-order valence-corrected chi connectivity index (χ4v) is 4.59. The minimum absolute atomic E-state index is 0.0340. The Balaban J connectivity index is 1.51. The van der Waals surface area contributed by atoms with E-state index < -0.39 is 0 Å². The predicted octanol–water partition coefficient (Wildman–Crippen LogP) is 5.56. The minimum Gasteiger partial charge on any atom is -0.457 e. The fraction of sp³-hybridized carbons (Fsp3) is 0.179. The molecule has 0 bridgehead atoms. The summed E-state index contributed by atoms with van der Waals surface area (Å²) in [6.07, 6.45) is 4.80. The molecule has 170 valence electrons. The van der Waals surface area contributed by atoms with Gasteiger partial charge in [0.15, 0.2) is 0 Å². The number of amides is 1. The van der Waals surface area contributed by atoms with Gasteiger partial charge in [0, 0.05) is 24.4 Å². The molecule has 1 fully saturated rings. The number of hydrogen-bond donors (Lipinski definition) is 1. The van der Waals surface area contributed by atoms with Gasteiger partial charge in [-0.2, -0.15) is 0 Å². The summed E-state index contributed by atoms with van der Waals surface area (Å²) >= 11 is 0. The molecule has 4 aromatic rings. The van der Waals surface area contributed by atoms with E-state index in [1.165, 1.54) is 12.4 Å². The van der Waals surface area contributed by atoms with Crippen molar-refractivity contribution in [3.63, 3.8) is 0 Å². The van der Waals surface area contributed by atoms with Crippen LogP contribution >= 0.6 is 0 Å². The molecule has 1 aliphatic rings. The molecule has 1 aliphatic heterocycles. The number of ether oxygens (including phenoxy) is 1. The van der Waals surface area contributed by atoms with E-state index in [-0.39, 0.29) is 11.8 Å². The smallest absolute Gasteiger partial charge is 0.245 e. The average molecular weight is 451 g/mol. The van der Waals surface area contributed by atoms with Gasteiger partial charge in [0.25, 0.3) is 0 Å². The van der Waals surface area contributed by atoms with Crippen molar-refractivity contribution in [2.75, 3.05) is 18.8 Å². The topological polar surface area (TPSA) is 81.3 Å². The molecule has 2 heterocycles. The lowest BCUT2D eigenvalue weighted by Crippen LogP contribution is -2.38. The van der Waals surface area contributed by atoms with Crippen LogP contribution in [0.25, 0.3) is 22.0 Å². The van der Waals surface area contributed by atoms with E-state index in [9.17, 15) is 4.79 Å². The molecule has 6 heteroatoms. The van der Waals surface area contributed by atoms with Crippen LogP contribution in [0.15, 0.2) is 85.7 Å². The van der Waals surface area contributed by atoms with Gasteiger partial charge in [0.1, 0.15) is 23.6 Å². The fourth-order valence-electron chi connectivity index (χ4n) is 4.59. The van der Waals surface area contributed by atoms with E-state index in [1.807, 2.05) is 65.6 Å². The van der Waals surface area contributed by atoms with Gasteiger partial charge in [-0.15, -0.1) is 0 Å². The summed E-state index contributed by atoms with van der Waals surface area (Å²) in [6.45, 7) is 5.03. The molecule has 2 N–H and O–H groups in total. The van der Waals surface area contributed by atoms with Gasteiger partial charge >= 0.3 is 0 Å². The van der Waals surface area contributed by atoms with Gasteiger partial charge in [-0.3, -0.25) is 4.79 Å². The van der Waals surface area contributed by atoms with Crippen LogP contribution in [0.5, 0.6) is 11.5 Å². The number of anilines is 1. The highest BCUT2D eigenvalue weighted by Crippen LogP contribution is 2.37. The lowest BCUT2D eigenvalue weighted by Gasteiger charge is -2.33. The number of carbonyl (C=O) groups excluding carboxylic acids is 1. The molecule has 0 radical (unpaired) electrons. The standard InChI is InChI=1S/C28H26N4O2/c1-2-26(33)32-14-6-7-20(17-32)24-15-21(16-25-27(24)30-18-31-28(25)29)19-10-12-23(13-11-19)34-22-8-4-3-5-9-22/h2-5,8-13,15-16,18,20H,1,6-7,14,17H2,(H2,29,30,31). The summed E-state index contributed by atoms with van der Waals surface area (Å²) in [5.74, 6) is 2.14. The largest absolute Gasteiger partial charge is 0.457 e. The zero-order chi connectivity index (χ0) is 23.5. The van der Waals surface area contributed by atoms with Gasteiger partial charge in [-0.25, -0.2) is 9.97 Å². The Morgan fingerprint density at radius 1 is 1.03 bits per heavy atom. The number of nitrogen functional groups attached to an aromatic ring is 1. The van der Waals surface area contributed by atoms with Gasteiger partial charge in [-0.1, -0.05) is 36.9 Å². The normalized spacial score (nSPS) is 15.8. The molecule has 1 aromatic heterocycles. The van der Waals surface area contributed by atoms with Crippen LogP contribution in [0.4, 0.5) is 5.82 Å². The Hall–Kier alpha value is -4.19. The molecule has 6 nitrogen and oxygen atoms in total. The highest BCUT2D eigenvalue weighted by atomic mass is 16.5. The van der Waals surface area contributed by atoms with E-state index >= 15 is 0 Å². The number of likely N-dealkylation sites (tertiary alicyclic amines) is 1. The van der Waals surface area contributed by atoms with Crippen molar-refractivity contribution in [1.82, 2.24) is 14.9 Å². The second-order valence-corrected chi connectivity index (χ2v) is 8.49. The van der Waals surface area contributed by atoms with Gasteiger partial charge < -0.3 is 15.4 Å². The first-order valence-electron chi connectivity index (χ1n) is 11.4. The molecule has 5 rings (SSSR count). The molecule has 1 amide bonds. The predicted molar refractivity (Wildman–Crippen MR) is 135 cm³/mol. The number of carbonyl (C=O) groups is 1. The van der Waals surface area contributed by atoms with Crippen LogP contribution < -0.4 is 10.5 Å². The summed E-state index contributed by atoms with van der Waals surface area (Å²) in [5.41, 5.74) is 10.3. The van der Waals surface area contributed by atoms with Crippen LogP contribution in [0, 0.1) is 0 Å². The molecule has 1 saturated heterocycles. The zero-order valence-electron chi connectivity index (χ0n) is 18.9. The monoisotopic (exact) mass is 450 g/mol. The Bertz CT molecular complexity index is 1340. The molecular weight excluding hydrogens is 424 g/mol. The highest BCUT2D eigenvalue weighted by Gasteiger charge is 2.26. The first-order chi connectivity index (χ1) is 16.6. The Kier molecular flexibility index (Phi) is 5.95. The van der Waals surface area contributed by atoms with E-state index in [0.717, 1.165) is 58.5 Å². The number of benzene rings is 3. The molecule has 0 spiro atoms. The maximum Gasteiger partial charge on any atom is 0.245 e. The number of nitrogens with zero attached hydrogens (tertiary/aromatic N) is 3. The number of hydrogen-bond acceptors (Lipinski definition) is 5. The Morgan fingerprint density at radius 2 is 1.79 bits per heavy atom. The summed E-state index contributed by atoms with van der Waals surface area (Å²) in [5, 5.41) is 0.826. The molecule has 1 atom stereocenters. The van der Waals surface area contributed by atoms with Crippen molar-refractivity contribution >= 4 is 22.6 Å². The van der Waals surface area contributed by atoms with Crippen molar-refractivity contribution < 1.29 is 9.53 Å². The summed E-state index contributed by atoms with van der Waals surface area (Å²) in [7, 11) is 0. The second kappa shape index (κ2) is 9.35. The number of para-hydroxylation sites is 1. The molecule has 0 saturated carbocycles. The summed E-state index contributed by atoms with van der Waals surface area (Å²) in [4.78, 5) is 22.9. The maximum absolute atomic E-state index is 12.3. The first kappa shape index (κ1) is 21.6. The van der Waals surface area contributed by atoms with E-state index in [4.69, 9.17) is 10.5 Å². The zero-order valence-corrected chi connectivity index (χ0v) is 18.9. The van der Waals surface area contributed by atoms with Gasteiger partial charge in [0.2, 0.25) is 5.91 Å². The quantitative estimate of drug-likeness (QED) is 0.403. The Morgan fingerprint density at radius 3 is 2.56 bits per heavy atom. The Labute approximate surface area is 198 Å².